The zero-order valence-electron chi connectivity index (χ0n) is 9.77. The summed E-state index contributed by atoms with van der Waals surface area (Å²) in [6, 6.07) is -0.705. The van der Waals surface area contributed by atoms with E-state index >= 15 is 0 Å². The third-order valence-electron chi connectivity index (χ3n) is 2.67. The summed E-state index contributed by atoms with van der Waals surface area (Å²) in [7, 11) is -0.719. The van der Waals surface area contributed by atoms with Gasteiger partial charge in [0.15, 0.2) is 0 Å². The standard InChI is InChI=1S/C10H18N2O4S/c1-7(13)12-9(10(14)15)6-11-8-2-4-17(16)5-3-8/h8-9,11H,2-6H2,1H3,(H,12,13)(H,14,15). The van der Waals surface area contributed by atoms with E-state index in [-0.39, 0.29) is 18.5 Å². The molecule has 0 aromatic carbocycles. The van der Waals surface area contributed by atoms with Crippen LogP contribution in [0.25, 0.3) is 0 Å². The zero-order valence-corrected chi connectivity index (χ0v) is 10.6. The molecule has 1 amide bonds. The number of nitrogens with one attached hydrogen (secondary N) is 2. The molecule has 98 valence electrons. The lowest BCUT2D eigenvalue weighted by atomic mass is 10.1. The summed E-state index contributed by atoms with van der Waals surface area (Å²) in [5.41, 5.74) is 0. The lowest BCUT2D eigenvalue weighted by Crippen LogP contribution is -2.49. The SMILES string of the molecule is CC(=O)NC(CNC1CCS(=O)CC1)C(=O)O. The van der Waals surface area contributed by atoms with Crippen molar-refractivity contribution in [1.82, 2.24) is 10.6 Å². The molecule has 6 nitrogen and oxygen atoms in total. The van der Waals surface area contributed by atoms with Gasteiger partial charge in [-0.1, -0.05) is 0 Å². The summed E-state index contributed by atoms with van der Waals surface area (Å²) in [4.78, 5) is 21.7. The van der Waals surface area contributed by atoms with Crippen molar-refractivity contribution in [3.63, 3.8) is 0 Å². The van der Waals surface area contributed by atoms with E-state index in [1.807, 2.05) is 0 Å². The largest absolute Gasteiger partial charge is 0.480 e. The molecule has 1 aliphatic rings. The molecule has 1 unspecified atom stereocenters. The van der Waals surface area contributed by atoms with E-state index in [9.17, 15) is 13.8 Å². The number of rotatable bonds is 5. The summed E-state index contributed by atoms with van der Waals surface area (Å²) >= 11 is 0. The highest BCUT2D eigenvalue weighted by atomic mass is 32.2. The van der Waals surface area contributed by atoms with E-state index in [1.165, 1.54) is 6.92 Å². The summed E-state index contributed by atoms with van der Waals surface area (Å²) in [5.74, 6) is -0.0820. The van der Waals surface area contributed by atoms with Crippen LogP contribution in [0.5, 0.6) is 0 Å². The van der Waals surface area contributed by atoms with Crippen molar-refractivity contribution in [2.45, 2.75) is 31.8 Å². The molecule has 1 heterocycles. The minimum atomic E-state index is -1.05. The van der Waals surface area contributed by atoms with Gasteiger partial charge >= 0.3 is 5.97 Å². The minimum absolute atomic E-state index is 0.198. The Bertz CT molecular complexity index is 311. The predicted molar refractivity (Wildman–Crippen MR) is 64.1 cm³/mol. The van der Waals surface area contributed by atoms with Crippen LogP contribution < -0.4 is 10.6 Å². The zero-order chi connectivity index (χ0) is 12.8. The summed E-state index contributed by atoms with van der Waals surface area (Å²) in [6.45, 7) is 1.49. The van der Waals surface area contributed by atoms with E-state index in [2.05, 4.69) is 10.6 Å². The normalized spacial score (nSPS) is 26.2. The minimum Gasteiger partial charge on any atom is -0.480 e. The molecule has 0 aromatic rings. The van der Waals surface area contributed by atoms with Crippen LogP contribution in [0, 0.1) is 0 Å². The quantitative estimate of drug-likeness (QED) is 0.595. The van der Waals surface area contributed by atoms with Crippen LogP contribution in [0.2, 0.25) is 0 Å². The van der Waals surface area contributed by atoms with Gasteiger partial charge in [-0.25, -0.2) is 4.79 Å². The molecule has 0 radical (unpaired) electrons. The van der Waals surface area contributed by atoms with E-state index in [0.717, 1.165) is 12.8 Å². The number of carbonyl (C=O) groups is 2. The molecule has 0 aromatic heterocycles. The lowest BCUT2D eigenvalue weighted by molar-refractivity contribution is -0.141. The van der Waals surface area contributed by atoms with E-state index in [1.54, 1.807) is 0 Å². The van der Waals surface area contributed by atoms with Gasteiger partial charge in [0.25, 0.3) is 0 Å². The van der Waals surface area contributed by atoms with Gasteiger partial charge in [-0.15, -0.1) is 0 Å². The molecule has 0 bridgehead atoms. The Hall–Kier alpha value is -0.950. The highest BCUT2D eigenvalue weighted by Gasteiger charge is 2.22. The van der Waals surface area contributed by atoms with Gasteiger partial charge in [0.1, 0.15) is 6.04 Å². The Morgan fingerprint density at radius 3 is 2.47 bits per heavy atom. The smallest absolute Gasteiger partial charge is 0.327 e. The van der Waals surface area contributed by atoms with E-state index in [0.29, 0.717) is 11.5 Å². The number of hydrogen-bond donors (Lipinski definition) is 3. The topological polar surface area (TPSA) is 95.5 Å². The molecular formula is C10H18N2O4S. The molecule has 0 saturated carbocycles. The first-order valence-corrected chi connectivity index (χ1v) is 7.06. The first kappa shape index (κ1) is 14.1. The molecule has 3 N–H and O–H groups in total. The molecule has 0 spiro atoms. The number of amides is 1. The molecular weight excluding hydrogens is 244 g/mol. The molecule has 1 saturated heterocycles. The monoisotopic (exact) mass is 262 g/mol. The van der Waals surface area contributed by atoms with E-state index < -0.39 is 22.8 Å². The average molecular weight is 262 g/mol. The molecule has 1 rings (SSSR count). The molecule has 1 aliphatic heterocycles. The highest BCUT2D eigenvalue weighted by Crippen LogP contribution is 2.08. The van der Waals surface area contributed by atoms with Crippen LogP contribution in [0.3, 0.4) is 0 Å². The van der Waals surface area contributed by atoms with Crippen LogP contribution in [0.4, 0.5) is 0 Å². The van der Waals surface area contributed by atoms with Crippen LogP contribution in [0.1, 0.15) is 19.8 Å². The van der Waals surface area contributed by atoms with Crippen molar-refractivity contribution >= 4 is 22.7 Å². The summed E-state index contributed by atoms with van der Waals surface area (Å²) in [5, 5.41) is 14.4. The van der Waals surface area contributed by atoms with Gasteiger partial charge in [-0.05, 0) is 12.8 Å². The Kier molecular flexibility index (Phi) is 5.57. The number of carbonyl (C=O) groups excluding carboxylic acids is 1. The van der Waals surface area contributed by atoms with Crippen molar-refractivity contribution in [3.8, 4) is 0 Å². The van der Waals surface area contributed by atoms with Crippen molar-refractivity contribution in [3.05, 3.63) is 0 Å². The third-order valence-corrected chi connectivity index (χ3v) is 4.06. The Labute approximate surface area is 103 Å². The first-order chi connectivity index (χ1) is 7.99. The van der Waals surface area contributed by atoms with Gasteiger partial charge in [-0.2, -0.15) is 0 Å². The second-order valence-electron chi connectivity index (χ2n) is 4.12. The van der Waals surface area contributed by atoms with Gasteiger partial charge < -0.3 is 15.7 Å². The van der Waals surface area contributed by atoms with Gasteiger partial charge in [0.05, 0.1) is 0 Å². The molecule has 0 aliphatic carbocycles. The molecule has 7 heteroatoms. The fourth-order valence-electron chi connectivity index (χ4n) is 1.73. The van der Waals surface area contributed by atoms with Crippen LogP contribution in [-0.4, -0.2) is 51.3 Å². The summed E-state index contributed by atoms with van der Waals surface area (Å²) in [6.07, 6.45) is 1.58. The maximum absolute atomic E-state index is 11.1. The van der Waals surface area contributed by atoms with Crippen LogP contribution in [-0.2, 0) is 20.4 Å². The maximum Gasteiger partial charge on any atom is 0.327 e. The van der Waals surface area contributed by atoms with Gasteiger partial charge in [0.2, 0.25) is 5.91 Å². The predicted octanol–water partition coefficient (Wildman–Crippen LogP) is -0.924. The Morgan fingerprint density at radius 1 is 1.41 bits per heavy atom. The lowest BCUT2D eigenvalue weighted by Gasteiger charge is -2.24. The number of carboxylic acid groups (broad SMARTS) is 1. The number of aliphatic carboxylic acids is 1. The fraction of sp³-hybridized carbons (Fsp3) is 0.800. The Morgan fingerprint density at radius 2 is 2.00 bits per heavy atom. The van der Waals surface area contributed by atoms with Crippen molar-refractivity contribution in [2.75, 3.05) is 18.1 Å². The van der Waals surface area contributed by atoms with Crippen LogP contribution >= 0.6 is 0 Å². The third kappa shape index (κ3) is 5.27. The van der Waals surface area contributed by atoms with Crippen molar-refractivity contribution in [2.24, 2.45) is 0 Å². The Balaban J connectivity index is 2.33. The van der Waals surface area contributed by atoms with Gasteiger partial charge in [-0.3, -0.25) is 9.00 Å². The molecule has 17 heavy (non-hydrogen) atoms. The second kappa shape index (κ2) is 6.70. The fourth-order valence-corrected chi connectivity index (χ4v) is 3.03. The summed E-state index contributed by atoms with van der Waals surface area (Å²) < 4.78 is 11.1. The second-order valence-corrected chi connectivity index (χ2v) is 5.82. The van der Waals surface area contributed by atoms with Crippen molar-refractivity contribution in [1.29, 1.82) is 0 Å². The maximum atomic E-state index is 11.1. The number of carboxylic acids is 1. The average Bonchev–Trinajstić information content (AvgIpc) is 2.25. The van der Waals surface area contributed by atoms with Crippen molar-refractivity contribution < 1.29 is 18.9 Å². The van der Waals surface area contributed by atoms with Crippen LogP contribution in [0.15, 0.2) is 0 Å². The number of hydrogen-bond acceptors (Lipinski definition) is 4. The highest BCUT2D eigenvalue weighted by molar-refractivity contribution is 7.85. The van der Waals surface area contributed by atoms with Gasteiger partial charge in [0, 0.05) is 41.8 Å². The van der Waals surface area contributed by atoms with E-state index in [4.69, 9.17) is 5.11 Å². The molecule has 1 atom stereocenters. The molecule has 1 fully saturated rings. The first-order valence-electron chi connectivity index (χ1n) is 5.57.